The number of nitrogens with zero attached hydrogens (tertiary/aromatic N) is 1. The molecule has 0 radical (unpaired) electrons. The summed E-state index contributed by atoms with van der Waals surface area (Å²) in [5.41, 5.74) is 0.695. The zero-order valence-electron chi connectivity index (χ0n) is 14.2. The van der Waals surface area contributed by atoms with Crippen LogP contribution in [0.4, 0.5) is 4.39 Å². The maximum atomic E-state index is 14.3. The third-order valence-electron chi connectivity index (χ3n) is 4.65. The summed E-state index contributed by atoms with van der Waals surface area (Å²) in [4.78, 5) is 17.2. The van der Waals surface area contributed by atoms with Crippen LogP contribution >= 0.6 is 0 Å². The van der Waals surface area contributed by atoms with Crippen molar-refractivity contribution in [3.63, 3.8) is 0 Å². The van der Waals surface area contributed by atoms with Gasteiger partial charge in [-0.2, -0.15) is 0 Å². The van der Waals surface area contributed by atoms with Crippen LogP contribution in [0.5, 0.6) is 5.75 Å². The number of fused-ring (bicyclic) bond motifs is 1. The highest BCUT2D eigenvalue weighted by molar-refractivity contribution is 5.92. The third kappa shape index (κ3) is 2.63. The van der Waals surface area contributed by atoms with Crippen molar-refractivity contribution in [2.75, 3.05) is 6.61 Å². The Hall–Kier alpha value is -3.15. The van der Waals surface area contributed by atoms with E-state index in [0.29, 0.717) is 35.6 Å². The molecule has 0 saturated carbocycles. The molecule has 0 saturated heterocycles. The van der Waals surface area contributed by atoms with Crippen LogP contribution in [0.15, 0.2) is 59.3 Å². The van der Waals surface area contributed by atoms with Crippen LogP contribution in [0.3, 0.4) is 0 Å². The molecule has 0 fully saturated rings. The molecule has 1 aromatic carbocycles. The second-order valence-electron chi connectivity index (χ2n) is 6.25. The van der Waals surface area contributed by atoms with Crippen LogP contribution in [0.1, 0.15) is 33.8 Å². The number of rotatable bonds is 3. The zero-order chi connectivity index (χ0) is 18.1. The van der Waals surface area contributed by atoms with Gasteiger partial charge < -0.3 is 14.5 Å². The van der Waals surface area contributed by atoms with E-state index in [4.69, 9.17) is 9.15 Å². The number of amides is 1. The van der Waals surface area contributed by atoms with Crippen LogP contribution in [0, 0.1) is 12.7 Å². The molecule has 1 aliphatic heterocycles. The molecule has 1 atom stereocenters. The largest absolute Gasteiger partial charge is 0.491 e. The van der Waals surface area contributed by atoms with E-state index in [1.807, 2.05) is 6.07 Å². The molecule has 132 valence electrons. The fourth-order valence-corrected chi connectivity index (χ4v) is 3.26. The monoisotopic (exact) mass is 352 g/mol. The van der Waals surface area contributed by atoms with E-state index in [9.17, 15) is 9.18 Å². The summed E-state index contributed by atoms with van der Waals surface area (Å²) in [5, 5.41) is 3.01. The van der Waals surface area contributed by atoms with Gasteiger partial charge in [-0.25, -0.2) is 4.39 Å². The molecule has 3 aromatic rings. The zero-order valence-corrected chi connectivity index (χ0v) is 14.2. The van der Waals surface area contributed by atoms with Crippen LogP contribution in [-0.4, -0.2) is 17.5 Å². The van der Waals surface area contributed by atoms with Gasteiger partial charge in [-0.05, 0) is 48.4 Å². The average Bonchev–Trinajstić information content (AvgIpc) is 3.19. The molecule has 0 aliphatic carbocycles. The molecule has 1 amide bonds. The number of carbonyl (C=O) groups excluding carboxylic acids is 1. The van der Waals surface area contributed by atoms with Crippen molar-refractivity contribution in [1.82, 2.24) is 10.3 Å². The molecule has 0 unspecified atom stereocenters. The minimum absolute atomic E-state index is 0.181. The number of ether oxygens (including phenoxy) is 1. The Balaban J connectivity index is 1.87. The first kappa shape index (κ1) is 16.3. The number of aromatic nitrogens is 1. The second kappa shape index (κ2) is 6.29. The van der Waals surface area contributed by atoms with Gasteiger partial charge >= 0.3 is 0 Å². The number of hydrogen-bond acceptors (Lipinski definition) is 4. The SMILES string of the molecule is Cc1ccc([C@@]2(NC(=O)c3ccco3)CCOc3cccnc32)cc1F. The third-order valence-corrected chi connectivity index (χ3v) is 4.65. The van der Waals surface area contributed by atoms with Gasteiger partial charge in [0.25, 0.3) is 5.91 Å². The number of aryl methyl sites for hydroxylation is 1. The summed E-state index contributed by atoms with van der Waals surface area (Å²) in [5.74, 6) is 0.0213. The smallest absolute Gasteiger partial charge is 0.287 e. The van der Waals surface area contributed by atoms with Gasteiger partial charge in [-0.1, -0.05) is 12.1 Å². The standard InChI is InChI=1S/C20H17FN2O3/c1-13-6-7-14(12-15(13)21)20(23-19(24)17-5-3-10-25-17)8-11-26-16-4-2-9-22-18(16)20/h2-7,9-10,12H,8,11H2,1H3,(H,23,24)/t20-/m0/s1. The van der Waals surface area contributed by atoms with E-state index in [1.54, 1.807) is 43.5 Å². The first-order valence-electron chi connectivity index (χ1n) is 8.31. The lowest BCUT2D eigenvalue weighted by molar-refractivity contribution is 0.0855. The van der Waals surface area contributed by atoms with Crippen molar-refractivity contribution < 1.29 is 18.3 Å². The van der Waals surface area contributed by atoms with Crippen LogP contribution in [0.2, 0.25) is 0 Å². The Morgan fingerprint density at radius 2 is 2.15 bits per heavy atom. The van der Waals surface area contributed by atoms with Gasteiger partial charge in [0, 0.05) is 12.6 Å². The minimum Gasteiger partial charge on any atom is -0.491 e. The Kier molecular flexibility index (Phi) is 3.95. The Morgan fingerprint density at radius 1 is 1.27 bits per heavy atom. The summed E-state index contributed by atoms with van der Waals surface area (Å²) in [6.45, 7) is 2.07. The van der Waals surface area contributed by atoms with Crippen molar-refractivity contribution in [3.8, 4) is 5.75 Å². The predicted molar refractivity (Wildman–Crippen MR) is 92.4 cm³/mol. The average molecular weight is 352 g/mol. The number of benzene rings is 1. The van der Waals surface area contributed by atoms with Crippen LogP contribution < -0.4 is 10.1 Å². The number of pyridine rings is 1. The molecule has 1 N–H and O–H groups in total. The van der Waals surface area contributed by atoms with Gasteiger partial charge in [-0.15, -0.1) is 0 Å². The molecule has 2 aromatic heterocycles. The van der Waals surface area contributed by atoms with Gasteiger partial charge in [0.15, 0.2) is 5.76 Å². The van der Waals surface area contributed by atoms with E-state index in [0.717, 1.165) is 0 Å². The highest BCUT2D eigenvalue weighted by Crippen LogP contribution is 2.41. The first-order valence-corrected chi connectivity index (χ1v) is 8.31. The normalized spacial score (nSPS) is 18.7. The summed E-state index contributed by atoms with van der Waals surface area (Å²) in [6, 6.07) is 11.7. The highest BCUT2D eigenvalue weighted by Gasteiger charge is 2.43. The van der Waals surface area contributed by atoms with E-state index in [2.05, 4.69) is 10.3 Å². The molecular formula is C20H17FN2O3. The quantitative estimate of drug-likeness (QED) is 0.783. The molecule has 3 heterocycles. The molecule has 26 heavy (non-hydrogen) atoms. The Labute approximate surface area is 149 Å². The molecule has 0 bridgehead atoms. The molecule has 0 spiro atoms. The van der Waals surface area contributed by atoms with Gasteiger partial charge in [0.05, 0.1) is 12.9 Å². The topological polar surface area (TPSA) is 64.4 Å². The van der Waals surface area contributed by atoms with E-state index < -0.39 is 11.4 Å². The minimum atomic E-state index is -1.01. The van der Waals surface area contributed by atoms with E-state index in [-0.39, 0.29) is 11.6 Å². The predicted octanol–water partition coefficient (Wildman–Crippen LogP) is 3.58. The Morgan fingerprint density at radius 3 is 2.92 bits per heavy atom. The summed E-state index contributed by atoms with van der Waals surface area (Å²) in [6.07, 6.45) is 3.49. The number of hydrogen-bond donors (Lipinski definition) is 1. The van der Waals surface area contributed by atoms with Gasteiger partial charge in [0.1, 0.15) is 22.8 Å². The summed E-state index contributed by atoms with van der Waals surface area (Å²) in [7, 11) is 0. The molecule has 5 nitrogen and oxygen atoms in total. The molecular weight excluding hydrogens is 335 g/mol. The summed E-state index contributed by atoms with van der Waals surface area (Å²) < 4.78 is 25.2. The van der Waals surface area contributed by atoms with E-state index >= 15 is 0 Å². The molecule has 6 heteroatoms. The van der Waals surface area contributed by atoms with E-state index in [1.165, 1.54) is 12.3 Å². The number of halogens is 1. The molecule has 1 aliphatic rings. The fourth-order valence-electron chi connectivity index (χ4n) is 3.26. The number of carbonyl (C=O) groups is 1. The lowest BCUT2D eigenvalue weighted by Gasteiger charge is -2.38. The van der Waals surface area contributed by atoms with Crippen molar-refractivity contribution in [2.24, 2.45) is 0 Å². The highest BCUT2D eigenvalue weighted by atomic mass is 19.1. The maximum Gasteiger partial charge on any atom is 0.287 e. The van der Waals surface area contributed by atoms with Crippen molar-refractivity contribution in [3.05, 3.63) is 83.3 Å². The van der Waals surface area contributed by atoms with Crippen LogP contribution in [0.25, 0.3) is 0 Å². The lowest BCUT2D eigenvalue weighted by Crippen LogP contribution is -2.50. The van der Waals surface area contributed by atoms with Crippen molar-refractivity contribution in [2.45, 2.75) is 18.9 Å². The summed E-state index contributed by atoms with van der Waals surface area (Å²) >= 11 is 0. The first-order chi connectivity index (χ1) is 12.6. The van der Waals surface area contributed by atoms with Gasteiger partial charge in [0.2, 0.25) is 0 Å². The van der Waals surface area contributed by atoms with Gasteiger partial charge in [-0.3, -0.25) is 9.78 Å². The Bertz CT molecular complexity index is 955. The maximum absolute atomic E-state index is 14.3. The number of furan rings is 1. The van der Waals surface area contributed by atoms with Crippen molar-refractivity contribution >= 4 is 5.91 Å². The molecule has 4 rings (SSSR count). The number of nitrogens with one attached hydrogen (secondary N) is 1. The van der Waals surface area contributed by atoms with Crippen molar-refractivity contribution in [1.29, 1.82) is 0 Å². The fraction of sp³-hybridized carbons (Fsp3) is 0.200. The van der Waals surface area contributed by atoms with Crippen LogP contribution in [-0.2, 0) is 5.54 Å². The lowest BCUT2D eigenvalue weighted by atomic mass is 9.81. The second-order valence-corrected chi connectivity index (χ2v) is 6.25.